The van der Waals surface area contributed by atoms with Crippen molar-refractivity contribution < 1.29 is 4.74 Å². The van der Waals surface area contributed by atoms with E-state index in [-0.39, 0.29) is 0 Å². The fraction of sp³-hybridized carbons (Fsp3) is 0.0714. The van der Waals surface area contributed by atoms with Gasteiger partial charge in [0.1, 0.15) is 17.8 Å². The van der Waals surface area contributed by atoms with E-state index in [1.54, 1.807) is 18.1 Å². The molecule has 94 valence electrons. The van der Waals surface area contributed by atoms with Crippen molar-refractivity contribution in [1.82, 2.24) is 9.66 Å². The molecule has 2 aromatic carbocycles. The highest BCUT2D eigenvalue weighted by molar-refractivity contribution is 5.74. The van der Waals surface area contributed by atoms with Gasteiger partial charge in [0.2, 0.25) is 0 Å². The predicted molar refractivity (Wildman–Crippen MR) is 72.6 cm³/mol. The lowest BCUT2D eigenvalue weighted by Crippen LogP contribution is -1.85. The van der Waals surface area contributed by atoms with Gasteiger partial charge in [0.05, 0.1) is 18.1 Å². The molecule has 5 heteroatoms. The SMILES string of the molecule is COc1ccccc1N=Nn1cnc2ccccc21. The summed E-state index contributed by atoms with van der Waals surface area (Å²) in [5.74, 6) is 0.690. The lowest BCUT2D eigenvalue weighted by Gasteiger charge is -2.01. The van der Waals surface area contributed by atoms with Crippen LogP contribution in [-0.4, -0.2) is 16.8 Å². The molecule has 0 saturated heterocycles. The first-order valence-electron chi connectivity index (χ1n) is 5.85. The number of ether oxygens (including phenoxy) is 1. The van der Waals surface area contributed by atoms with E-state index in [1.165, 1.54) is 0 Å². The zero-order valence-corrected chi connectivity index (χ0v) is 10.4. The smallest absolute Gasteiger partial charge is 0.146 e. The second kappa shape index (κ2) is 4.89. The highest BCUT2D eigenvalue weighted by Gasteiger charge is 2.01. The third-order valence-electron chi connectivity index (χ3n) is 2.77. The Bertz CT molecular complexity index is 733. The van der Waals surface area contributed by atoms with Gasteiger partial charge in [-0.3, -0.25) is 0 Å². The summed E-state index contributed by atoms with van der Waals surface area (Å²) in [5.41, 5.74) is 2.49. The van der Waals surface area contributed by atoms with Gasteiger partial charge in [-0.25, -0.2) is 9.66 Å². The van der Waals surface area contributed by atoms with E-state index >= 15 is 0 Å². The van der Waals surface area contributed by atoms with Crippen LogP contribution in [0.4, 0.5) is 5.69 Å². The summed E-state index contributed by atoms with van der Waals surface area (Å²) in [6.07, 6.45) is 1.64. The summed E-state index contributed by atoms with van der Waals surface area (Å²) >= 11 is 0. The summed E-state index contributed by atoms with van der Waals surface area (Å²) in [7, 11) is 1.61. The summed E-state index contributed by atoms with van der Waals surface area (Å²) < 4.78 is 6.86. The lowest BCUT2D eigenvalue weighted by molar-refractivity contribution is 0.415. The van der Waals surface area contributed by atoms with Crippen molar-refractivity contribution in [2.24, 2.45) is 10.3 Å². The fourth-order valence-corrected chi connectivity index (χ4v) is 1.83. The third kappa shape index (κ3) is 2.18. The lowest BCUT2D eigenvalue weighted by atomic mass is 10.3. The Labute approximate surface area is 110 Å². The third-order valence-corrected chi connectivity index (χ3v) is 2.77. The molecule has 0 aliphatic rings. The second-order valence-electron chi connectivity index (χ2n) is 3.94. The maximum Gasteiger partial charge on any atom is 0.146 e. The van der Waals surface area contributed by atoms with Crippen molar-refractivity contribution >= 4 is 16.7 Å². The van der Waals surface area contributed by atoms with Crippen LogP contribution in [0.3, 0.4) is 0 Å². The number of fused-ring (bicyclic) bond motifs is 1. The molecule has 0 atom stereocenters. The van der Waals surface area contributed by atoms with Crippen LogP contribution in [0, 0.1) is 0 Å². The van der Waals surface area contributed by atoms with Gasteiger partial charge < -0.3 is 4.74 Å². The first kappa shape index (κ1) is 11.4. The number of nitrogens with zero attached hydrogens (tertiary/aromatic N) is 4. The molecule has 0 aliphatic carbocycles. The quantitative estimate of drug-likeness (QED) is 0.669. The molecule has 1 aromatic heterocycles. The normalized spacial score (nSPS) is 11.2. The second-order valence-corrected chi connectivity index (χ2v) is 3.94. The van der Waals surface area contributed by atoms with Crippen LogP contribution in [0.5, 0.6) is 5.75 Å². The number of hydrogen-bond acceptors (Lipinski definition) is 4. The number of aromatic nitrogens is 2. The predicted octanol–water partition coefficient (Wildman–Crippen LogP) is 3.59. The molecule has 19 heavy (non-hydrogen) atoms. The number of para-hydroxylation sites is 3. The van der Waals surface area contributed by atoms with Crippen molar-refractivity contribution in [2.45, 2.75) is 0 Å². The van der Waals surface area contributed by atoms with Crippen LogP contribution < -0.4 is 4.74 Å². The Hall–Kier alpha value is -2.69. The van der Waals surface area contributed by atoms with E-state index < -0.39 is 0 Å². The van der Waals surface area contributed by atoms with Gasteiger partial charge in [-0.1, -0.05) is 29.5 Å². The Morgan fingerprint density at radius 1 is 1.05 bits per heavy atom. The minimum Gasteiger partial charge on any atom is -0.494 e. The average Bonchev–Trinajstić information content (AvgIpc) is 2.89. The van der Waals surface area contributed by atoms with Crippen LogP contribution in [0.15, 0.2) is 65.2 Å². The molecule has 0 saturated carbocycles. The standard InChI is InChI=1S/C14H12N4O/c1-19-14-9-5-3-7-12(14)16-17-18-10-15-11-6-2-4-8-13(11)18/h2-10H,1H3. The number of imidazole rings is 1. The van der Waals surface area contributed by atoms with E-state index in [4.69, 9.17) is 4.74 Å². The largest absolute Gasteiger partial charge is 0.494 e. The molecule has 1 heterocycles. The van der Waals surface area contributed by atoms with E-state index in [0.717, 1.165) is 11.0 Å². The maximum absolute atomic E-state index is 5.22. The van der Waals surface area contributed by atoms with Gasteiger partial charge in [-0.15, -0.1) is 5.11 Å². The molecular weight excluding hydrogens is 240 g/mol. The molecule has 0 unspecified atom stereocenters. The van der Waals surface area contributed by atoms with Crippen molar-refractivity contribution in [3.8, 4) is 5.75 Å². The zero-order chi connectivity index (χ0) is 13.1. The van der Waals surface area contributed by atoms with Crippen LogP contribution >= 0.6 is 0 Å². The number of methoxy groups -OCH3 is 1. The zero-order valence-electron chi connectivity index (χ0n) is 10.4. The van der Waals surface area contributed by atoms with Crippen molar-refractivity contribution in [1.29, 1.82) is 0 Å². The number of rotatable bonds is 3. The first-order chi connectivity index (χ1) is 9.38. The molecule has 0 fully saturated rings. The fourth-order valence-electron chi connectivity index (χ4n) is 1.83. The summed E-state index contributed by atoms with van der Waals surface area (Å²) in [4.78, 5) is 4.25. The van der Waals surface area contributed by atoms with E-state index in [1.807, 2.05) is 48.5 Å². The topological polar surface area (TPSA) is 51.8 Å². The Balaban J connectivity index is 1.98. The van der Waals surface area contributed by atoms with Crippen LogP contribution in [0.2, 0.25) is 0 Å². The van der Waals surface area contributed by atoms with Gasteiger partial charge in [0.25, 0.3) is 0 Å². The van der Waals surface area contributed by atoms with Gasteiger partial charge in [-0.05, 0) is 24.3 Å². The maximum atomic E-state index is 5.22. The molecule has 5 nitrogen and oxygen atoms in total. The average molecular weight is 252 g/mol. The van der Waals surface area contributed by atoms with E-state index in [9.17, 15) is 0 Å². The van der Waals surface area contributed by atoms with Gasteiger partial charge in [-0.2, -0.15) is 0 Å². The minimum absolute atomic E-state index is 0.683. The first-order valence-corrected chi connectivity index (χ1v) is 5.85. The monoisotopic (exact) mass is 252 g/mol. The molecule has 0 radical (unpaired) electrons. The van der Waals surface area contributed by atoms with Crippen molar-refractivity contribution in [2.75, 3.05) is 7.11 Å². The minimum atomic E-state index is 0.683. The van der Waals surface area contributed by atoms with Crippen molar-refractivity contribution in [3.63, 3.8) is 0 Å². The molecule has 0 aliphatic heterocycles. The molecule has 3 rings (SSSR count). The Morgan fingerprint density at radius 3 is 2.74 bits per heavy atom. The van der Waals surface area contributed by atoms with Crippen LogP contribution in [0.1, 0.15) is 0 Å². The number of hydrogen-bond donors (Lipinski definition) is 0. The van der Waals surface area contributed by atoms with E-state index in [2.05, 4.69) is 15.3 Å². The van der Waals surface area contributed by atoms with Crippen LogP contribution in [-0.2, 0) is 0 Å². The summed E-state index contributed by atoms with van der Waals surface area (Å²) in [5, 5.41) is 8.36. The van der Waals surface area contributed by atoms with Crippen LogP contribution in [0.25, 0.3) is 11.0 Å². The highest BCUT2D eigenvalue weighted by atomic mass is 16.5. The van der Waals surface area contributed by atoms with Gasteiger partial charge in [0, 0.05) is 0 Å². The molecule has 0 amide bonds. The molecule has 0 bridgehead atoms. The molecule has 0 N–H and O–H groups in total. The summed E-state index contributed by atoms with van der Waals surface area (Å²) in [6.45, 7) is 0. The van der Waals surface area contributed by atoms with Gasteiger partial charge in [0.15, 0.2) is 0 Å². The Kier molecular flexibility index (Phi) is 2.94. The molecule has 0 spiro atoms. The highest BCUT2D eigenvalue weighted by Crippen LogP contribution is 2.26. The molecule has 3 aromatic rings. The van der Waals surface area contributed by atoms with E-state index in [0.29, 0.717) is 11.4 Å². The Morgan fingerprint density at radius 2 is 1.84 bits per heavy atom. The van der Waals surface area contributed by atoms with Gasteiger partial charge >= 0.3 is 0 Å². The van der Waals surface area contributed by atoms with Crippen molar-refractivity contribution in [3.05, 3.63) is 54.9 Å². The summed E-state index contributed by atoms with van der Waals surface area (Å²) in [6, 6.07) is 15.2. The molecular formula is C14H12N4O. The number of benzene rings is 2.